The van der Waals surface area contributed by atoms with E-state index in [2.05, 4.69) is 4.74 Å². The molecule has 0 heterocycles. The summed E-state index contributed by atoms with van der Waals surface area (Å²) in [7, 11) is 1.23. The minimum Gasteiger partial charge on any atom is -0.468 e. The lowest BCUT2D eigenvalue weighted by Crippen LogP contribution is -2.38. The molecular weight excluding hydrogens is 489 g/mol. The van der Waals surface area contributed by atoms with Crippen molar-refractivity contribution >= 4 is 52.8 Å². The highest BCUT2D eigenvalue weighted by Crippen LogP contribution is 2.36. The monoisotopic (exact) mass is 515 g/mol. The fourth-order valence-electron chi connectivity index (χ4n) is 3.34. The van der Waals surface area contributed by atoms with Crippen LogP contribution >= 0.6 is 23.4 Å². The molecule has 0 N–H and O–H groups in total. The van der Waals surface area contributed by atoms with Crippen molar-refractivity contribution < 1.29 is 37.8 Å². The number of rotatable bonds is 10. The SMILES string of the molecule is CCOCCOC(=O)C1=C(C(=O)N(C(C)=O)c2cc(SCC(=O)OC)c(Cl)cc2F)CCCC1. The first-order chi connectivity index (χ1) is 16.2. The van der Waals surface area contributed by atoms with Crippen LogP contribution in [-0.4, -0.2) is 56.4 Å². The quantitative estimate of drug-likeness (QED) is 0.261. The second kappa shape index (κ2) is 13.5. The number of hydrogen-bond acceptors (Lipinski definition) is 8. The van der Waals surface area contributed by atoms with Crippen molar-refractivity contribution in [3.63, 3.8) is 0 Å². The van der Waals surface area contributed by atoms with Crippen molar-refractivity contribution in [1.29, 1.82) is 0 Å². The van der Waals surface area contributed by atoms with Crippen LogP contribution in [0.5, 0.6) is 0 Å². The molecule has 2 amide bonds. The summed E-state index contributed by atoms with van der Waals surface area (Å²) in [5, 5.41) is 0.0153. The maximum absolute atomic E-state index is 14.9. The Hall–Kier alpha value is -2.43. The lowest BCUT2D eigenvalue weighted by Gasteiger charge is -2.25. The summed E-state index contributed by atoms with van der Waals surface area (Å²) < 4.78 is 29.8. The maximum atomic E-state index is 14.9. The van der Waals surface area contributed by atoms with Gasteiger partial charge in [-0.3, -0.25) is 14.4 Å². The van der Waals surface area contributed by atoms with Crippen molar-refractivity contribution in [2.45, 2.75) is 44.4 Å². The number of nitrogens with zero attached hydrogens (tertiary/aromatic N) is 1. The molecule has 1 aromatic carbocycles. The average molecular weight is 516 g/mol. The van der Waals surface area contributed by atoms with Gasteiger partial charge in [0, 0.05) is 29.6 Å². The fraction of sp³-hybridized carbons (Fsp3) is 0.478. The third-order valence-electron chi connectivity index (χ3n) is 4.97. The minimum absolute atomic E-state index is 0.0153. The van der Waals surface area contributed by atoms with Gasteiger partial charge in [0.25, 0.3) is 5.91 Å². The Bertz CT molecular complexity index is 982. The number of carbonyl (C=O) groups excluding carboxylic acids is 4. The highest BCUT2D eigenvalue weighted by atomic mass is 35.5. The van der Waals surface area contributed by atoms with Gasteiger partial charge in [0.15, 0.2) is 0 Å². The van der Waals surface area contributed by atoms with Crippen LogP contribution in [0.15, 0.2) is 28.2 Å². The molecule has 186 valence electrons. The van der Waals surface area contributed by atoms with Crippen molar-refractivity contribution in [2.24, 2.45) is 0 Å². The van der Waals surface area contributed by atoms with Gasteiger partial charge >= 0.3 is 11.9 Å². The Balaban J connectivity index is 2.40. The molecule has 2 rings (SSSR count). The molecule has 0 spiro atoms. The normalized spacial score (nSPS) is 13.4. The van der Waals surface area contributed by atoms with Crippen LogP contribution in [0, 0.1) is 5.82 Å². The average Bonchev–Trinajstić information content (AvgIpc) is 2.81. The van der Waals surface area contributed by atoms with Crippen molar-refractivity contribution in [2.75, 3.05) is 37.6 Å². The second-order valence-electron chi connectivity index (χ2n) is 7.26. The van der Waals surface area contributed by atoms with Crippen molar-refractivity contribution in [3.8, 4) is 0 Å². The number of esters is 2. The molecule has 0 saturated carbocycles. The Morgan fingerprint density at radius 1 is 1.12 bits per heavy atom. The van der Waals surface area contributed by atoms with Gasteiger partial charge in [-0.1, -0.05) is 11.6 Å². The zero-order valence-electron chi connectivity index (χ0n) is 19.3. The Kier molecular flexibility index (Phi) is 11.0. The molecule has 1 aliphatic rings. The number of anilines is 1. The van der Waals surface area contributed by atoms with E-state index in [1.54, 1.807) is 0 Å². The molecule has 34 heavy (non-hydrogen) atoms. The molecule has 0 saturated heterocycles. The fourth-order valence-corrected chi connectivity index (χ4v) is 4.44. The summed E-state index contributed by atoms with van der Waals surface area (Å²) in [6, 6.07) is 2.20. The first-order valence-corrected chi connectivity index (χ1v) is 12.1. The van der Waals surface area contributed by atoms with Gasteiger partial charge in [-0.15, -0.1) is 11.8 Å². The number of imide groups is 1. The van der Waals surface area contributed by atoms with Gasteiger partial charge in [-0.25, -0.2) is 14.1 Å². The third kappa shape index (κ3) is 7.28. The Labute approximate surface area is 206 Å². The molecule has 0 aromatic heterocycles. The van der Waals surface area contributed by atoms with E-state index in [0.29, 0.717) is 30.8 Å². The lowest BCUT2D eigenvalue weighted by atomic mass is 9.90. The standard InChI is InChI=1S/C23H27ClFNO7S/c1-4-32-9-10-33-23(30)16-8-6-5-7-15(16)22(29)26(14(2)27)19-12-20(17(24)11-18(19)25)34-13-21(28)31-3/h11-12H,4-10,13H2,1-3H3. The van der Waals surface area contributed by atoms with Crippen LogP contribution in [0.3, 0.4) is 0 Å². The van der Waals surface area contributed by atoms with Gasteiger partial charge in [0.05, 0.1) is 30.2 Å². The molecule has 8 nitrogen and oxygen atoms in total. The number of amides is 2. The highest BCUT2D eigenvalue weighted by Gasteiger charge is 2.32. The molecule has 0 fully saturated rings. The van der Waals surface area contributed by atoms with E-state index in [1.807, 2.05) is 6.92 Å². The van der Waals surface area contributed by atoms with Gasteiger partial charge < -0.3 is 14.2 Å². The zero-order valence-corrected chi connectivity index (χ0v) is 20.9. The molecule has 0 unspecified atom stereocenters. The Morgan fingerprint density at radius 3 is 2.41 bits per heavy atom. The number of benzene rings is 1. The van der Waals surface area contributed by atoms with Crippen molar-refractivity contribution in [1.82, 2.24) is 0 Å². The molecule has 1 aliphatic carbocycles. The second-order valence-corrected chi connectivity index (χ2v) is 8.68. The number of methoxy groups -OCH3 is 1. The molecule has 0 bridgehead atoms. The molecular formula is C23H27ClFNO7S. The van der Waals surface area contributed by atoms with E-state index < -0.39 is 29.6 Å². The molecule has 0 aliphatic heterocycles. The Morgan fingerprint density at radius 2 is 1.79 bits per heavy atom. The van der Waals surface area contributed by atoms with Gasteiger partial charge in [0.1, 0.15) is 12.4 Å². The van der Waals surface area contributed by atoms with E-state index >= 15 is 0 Å². The lowest BCUT2D eigenvalue weighted by molar-refractivity contribution is -0.141. The zero-order chi connectivity index (χ0) is 25.3. The number of hydrogen-bond donors (Lipinski definition) is 0. The van der Waals surface area contributed by atoms with Gasteiger partial charge in [-0.2, -0.15) is 0 Å². The van der Waals surface area contributed by atoms with Crippen LogP contribution in [0.2, 0.25) is 5.02 Å². The van der Waals surface area contributed by atoms with Crippen LogP contribution in [-0.2, 0) is 33.4 Å². The van der Waals surface area contributed by atoms with Crippen LogP contribution in [0.1, 0.15) is 39.5 Å². The van der Waals surface area contributed by atoms with E-state index in [1.165, 1.54) is 13.2 Å². The first kappa shape index (κ1) is 27.8. The first-order valence-electron chi connectivity index (χ1n) is 10.7. The topological polar surface area (TPSA) is 99.2 Å². The van der Waals surface area contributed by atoms with E-state index in [9.17, 15) is 23.6 Å². The summed E-state index contributed by atoms with van der Waals surface area (Å²) in [5.74, 6) is -3.71. The van der Waals surface area contributed by atoms with Crippen molar-refractivity contribution in [3.05, 3.63) is 34.1 Å². The summed E-state index contributed by atoms with van der Waals surface area (Å²) in [6.07, 6.45) is 1.86. The molecule has 0 radical (unpaired) electrons. The summed E-state index contributed by atoms with van der Waals surface area (Å²) in [6.45, 7) is 3.66. The summed E-state index contributed by atoms with van der Waals surface area (Å²) in [5.41, 5.74) is -0.0361. The van der Waals surface area contributed by atoms with Crippen LogP contribution in [0.4, 0.5) is 10.1 Å². The number of thioether (sulfide) groups is 1. The smallest absolute Gasteiger partial charge is 0.334 e. The minimum atomic E-state index is -0.895. The van der Waals surface area contributed by atoms with Gasteiger partial charge in [-0.05, 0) is 44.7 Å². The maximum Gasteiger partial charge on any atom is 0.334 e. The highest BCUT2D eigenvalue weighted by molar-refractivity contribution is 8.00. The van der Waals surface area contributed by atoms with Gasteiger partial charge in [0.2, 0.25) is 5.91 Å². The third-order valence-corrected chi connectivity index (χ3v) is 6.42. The molecule has 11 heteroatoms. The predicted octanol–water partition coefficient (Wildman–Crippen LogP) is 4.07. The van der Waals surface area contributed by atoms with E-state index in [-0.39, 0.29) is 52.1 Å². The number of halogens is 2. The predicted molar refractivity (Wildman–Crippen MR) is 125 cm³/mol. The largest absolute Gasteiger partial charge is 0.468 e. The number of carbonyl (C=O) groups is 4. The summed E-state index contributed by atoms with van der Waals surface area (Å²) in [4.78, 5) is 51.0. The molecule has 1 aromatic rings. The molecule has 0 atom stereocenters. The van der Waals surface area contributed by atoms with E-state index in [0.717, 1.165) is 24.8 Å². The summed E-state index contributed by atoms with van der Waals surface area (Å²) >= 11 is 7.07. The van der Waals surface area contributed by atoms with Crippen LogP contribution in [0.25, 0.3) is 0 Å². The number of ether oxygens (including phenoxy) is 3. The van der Waals surface area contributed by atoms with Crippen LogP contribution < -0.4 is 4.90 Å². The van der Waals surface area contributed by atoms with E-state index in [4.69, 9.17) is 21.1 Å².